The minimum absolute atomic E-state index is 0.0334. The van der Waals surface area contributed by atoms with Gasteiger partial charge in [0, 0.05) is 16.8 Å². The number of nitrogens with zero attached hydrogens (tertiary/aromatic N) is 2. The first kappa shape index (κ1) is 16.9. The minimum Gasteiger partial charge on any atom is -0.492 e. The van der Waals surface area contributed by atoms with Gasteiger partial charge < -0.3 is 14.8 Å². The third-order valence-corrected chi connectivity index (χ3v) is 5.35. The van der Waals surface area contributed by atoms with E-state index in [1.165, 1.54) is 0 Å². The summed E-state index contributed by atoms with van der Waals surface area (Å²) in [7, 11) is 1.89. The molecule has 0 radical (unpaired) electrons. The standard InChI is InChI=1S/C19H22BN3O3/c1-3-13(20)17(24)23-12-8-21-18(22-9-12)26-14-5-4-11(2)16-15(14)19(6-7-19)10-25-16/h4-5,8-9,13H,3,6-7,10,20H2,1-2H3,(H,23,24)/t13-/m1/s1. The maximum Gasteiger partial charge on any atom is 0.322 e. The van der Waals surface area contributed by atoms with Crippen molar-refractivity contribution in [2.24, 2.45) is 0 Å². The fourth-order valence-corrected chi connectivity index (χ4v) is 3.25. The third kappa shape index (κ3) is 2.91. The van der Waals surface area contributed by atoms with Crippen molar-refractivity contribution in [1.29, 1.82) is 0 Å². The number of carbonyl (C=O) groups excluding carboxylic acids is 1. The second-order valence-electron chi connectivity index (χ2n) is 7.31. The second-order valence-corrected chi connectivity index (χ2v) is 7.31. The Balaban J connectivity index is 1.53. The van der Waals surface area contributed by atoms with Crippen LogP contribution in [0.15, 0.2) is 24.5 Å². The second kappa shape index (κ2) is 6.30. The fraction of sp³-hybridized carbons (Fsp3) is 0.421. The lowest BCUT2D eigenvalue weighted by molar-refractivity contribution is -0.116. The highest BCUT2D eigenvalue weighted by molar-refractivity contribution is 6.25. The van der Waals surface area contributed by atoms with Gasteiger partial charge in [-0.15, -0.1) is 0 Å². The molecular weight excluding hydrogens is 329 g/mol. The van der Waals surface area contributed by atoms with E-state index in [-0.39, 0.29) is 23.1 Å². The lowest BCUT2D eigenvalue weighted by atomic mass is 9.84. The number of anilines is 1. The molecule has 2 aliphatic rings. The summed E-state index contributed by atoms with van der Waals surface area (Å²) in [4.78, 5) is 20.4. The van der Waals surface area contributed by atoms with Crippen molar-refractivity contribution in [2.75, 3.05) is 11.9 Å². The zero-order chi connectivity index (χ0) is 18.3. The van der Waals surface area contributed by atoms with Gasteiger partial charge in [-0.3, -0.25) is 4.79 Å². The number of amides is 1. The molecule has 2 aromatic rings. The SMILES string of the molecule is B[C@H](CC)C(=O)Nc1cnc(Oc2ccc(C)c3c2C2(CC2)CO3)nc1. The highest BCUT2D eigenvalue weighted by atomic mass is 16.5. The number of ether oxygens (including phenoxy) is 2. The molecule has 1 N–H and O–H groups in total. The maximum atomic E-state index is 11.9. The van der Waals surface area contributed by atoms with E-state index in [0.717, 1.165) is 48.5 Å². The Morgan fingerprint density at radius 2 is 2.12 bits per heavy atom. The maximum absolute atomic E-state index is 11.9. The van der Waals surface area contributed by atoms with Gasteiger partial charge in [0.1, 0.15) is 19.3 Å². The topological polar surface area (TPSA) is 73.3 Å². The molecule has 0 bridgehead atoms. The van der Waals surface area contributed by atoms with Gasteiger partial charge in [-0.2, -0.15) is 0 Å². The Labute approximate surface area is 153 Å². The van der Waals surface area contributed by atoms with Crippen LogP contribution in [0.4, 0.5) is 5.69 Å². The highest BCUT2D eigenvalue weighted by Gasteiger charge is 2.53. The van der Waals surface area contributed by atoms with Crippen LogP contribution in [0.1, 0.15) is 37.3 Å². The molecule has 26 heavy (non-hydrogen) atoms. The van der Waals surface area contributed by atoms with E-state index < -0.39 is 0 Å². The van der Waals surface area contributed by atoms with Crippen molar-refractivity contribution in [3.63, 3.8) is 0 Å². The van der Waals surface area contributed by atoms with Crippen LogP contribution in [0.3, 0.4) is 0 Å². The van der Waals surface area contributed by atoms with Gasteiger partial charge in [0.25, 0.3) is 0 Å². The monoisotopic (exact) mass is 351 g/mol. The molecule has 1 aliphatic carbocycles. The van der Waals surface area contributed by atoms with E-state index in [2.05, 4.69) is 22.2 Å². The summed E-state index contributed by atoms with van der Waals surface area (Å²) >= 11 is 0. The number of hydrogen-bond donors (Lipinski definition) is 1. The van der Waals surface area contributed by atoms with Gasteiger partial charge >= 0.3 is 6.01 Å². The summed E-state index contributed by atoms with van der Waals surface area (Å²) < 4.78 is 11.9. The Bertz CT molecular complexity index is 850. The summed E-state index contributed by atoms with van der Waals surface area (Å²) in [6, 6.07) is 4.22. The van der Waals surface area contributed by atoms with Gasteiger partial charge in [0.15, 0.2) is 0 Å². The molecule has 1 spiro atoms. The Morgan fingerprint density at radius 3 is 2.77 bits per heavy atom. The number of carbonyl (C=O) groups is 1. The third-order valence-electron chi connectivity index (χ3n) is 5.35. The molecule has 1 fully saturated rings. The van der Waals surface area contributed by atoms with Crippen LogP contribution in [0, 0.1) is 6.92 Å². The van der Waals surface area contributed by atoms with Crippen LogP contribution < -0.4 is 14.8 Å². The number of hydrogen-bond acceptors (Lipinski definition) is 5. The zero-order valence-corrected chi connectivity index (χ0v) is 15.3. The molecule has 2 heterocycles. The molecule has 1 amide bonds. The van der Waals surface area contributed by atoms with E-state index in [1.54, 1.807) is 12.4 Å². The van der Waals surface area contributed by atoms with E-state index in [1.807, 2.05) is 26.9 Å². The van der Waals surface area contributed by atoms with E-state index >= 15 is 0 Å². The van der Waals surface area contributed by atoms with E-state index in [4.69, 9.17) is 9.47 Å². The van der Waals surface area contributed by atoms with Crippen LogP contribution >= 0.6 is 0 Å². The normalized spacial score (nSPS) is 17.3. The average Bonchev–Trinajstić information content (AvgIpc) is 3.32. The summed E-state index contributed by atoms with van der Waals surface area (Å²) in [6.07, 6.45) is 6.18. The fourth-order valence-electron chi connectivity index (χ4n) is 3.25. The molecule has 1 saturated carbocycles. The van der Waals surface area contributed by atoms with E-state index in [0.29, 0.717) is 5.69 Å². The first-order chi connectivity index (χ1) is 12.5. The number of aromatic nitrogens is 2. The largest absolute Gasteiger partial charge is 0.492 e. The van der Waals surface area contributed by atoms with Crippen molar-refractivity contribution in [1.82, 2.24) is 9.97 Å². The average molecular weight is 351 g/mol. The summed E-state index contributed by atoms with van der Waals surface area (Å²) in [6.45, 7) is 4.76. The van der Waals surface area contributed by atoms with Crippen molar-refractivity contribution in [3.05, 3.63) is 35.7 Å². The Hall–Kier alpha value is -2.57. The van der Waals surface area contributed by atoms with Crippen molar-refractivity contribution >= 4 is 19.4 Å². The Morgan fingerprint density at radius 1 is 1.38 bits per heavy atom. The molecule has 4 rings (SSSR count). The molecule has 134 valence electrons. The van der Waals surface area contributed by atoms with Crippen LogP contribution in [0.2, 0.25) is 5.82 Å². The van der Waals surface area contributed by atoms with Crippen molar-refractivity contribution in [2.45, 2.75) is 44.3 Å². The molecule has 1 atom stereocenters. The first-order valence-corrected chi connectivity index (χ1v) is 9.10. The molecule has 1 aliphatic heterocycles. The number of rotatable bonds is 5. The summed E-state index contributed by atoms with van der Waals surface area (Å²) in [5, 5.41) is 2.82. The Kier molecular flexibility index (Phi) is 4.09. The predicted octanol–water partition coefficient (Wildman–Crippen LogP) is 2.77. The lowest BCUT2D eigenvalue weighted by Crippen LogP contribution is -2.18. The molecule has 7 heteroatoms. The summed E-state index contributed by atoms with van der Waals surface area (Å²) in [5.74, 6) is 1.62. The molecule has 1 aromatic heterocycles. The van der Waals surface area contributed by atoms with Crippen molar-refractivity contribution in [3.8, 4) is 17.5 Å². The molecule has 0 saturated heterocycles. The van der Waals surface area contributed by atoms with Crippen molar-refractivity contribution < 1.29 is 14.3 Å². The van der Waals surface area contributed by atoms with Crippen LogP contribution in [-0.4, -0.2) is 30.3 Å². The van der Waals surface area contributed by atoms with E-state index in [9.17, 15) is 4.79 Å². The highest BCUT2D eigenvalue weighted by Crippen LogP contribution is 2.59. The van der Waals surface area contributed by atoms with Crippen LogP contribution in [-0.2, 0) is 10.2 Å². The van der Waals surface area contributed by atoms with Gasteiger partial charge in [0.2, 0.25) is 5.91 Å². The predicted molar refractivity (Wildman–Crippen MR) is 101 cm³/mol. The zero-order valence-electron chi connectivity index (χ0n) is 15.3. The molecule has 1 aromatic carbocycles. The smallest absolute Gasteiger partial charge is 0.322 e. The number of benzene rings is 1. The minimum atomic E-state index is -0.0456. The first-order valence-electron chi connectivity index (χ1n) is 9.10. The van der Waals surface area contributed by atoms with Gasteiger partial charge in [-0.1, -0.05) is 19.4 Å². The number of nitrogens with one attached hydrogen (secondary N) is 1. The number of aryl methyl sites for hydroxylation is 1. The number of fused-ring (bicyclic) bond motifs is 2. The lowest BCUT2D eigenvalue weighted by Gasteiger charge is -2.13. The van der Waals surface area contributed by atoms with Gasteiger partial charge in [-0.05, 0) is 31.4 Å². The summed E-state index contributed by atoms with van der Waals surface area (Å²) in [5.41, 5.74) is 2.95. The van der Waals surface area contributed by atoms with Gasteiger partial charge in [-0.25, -0.2) is 9.97 Å². The van der Waals surface area contributed by atoms with Gasteiger partial charge in [0.05, 0.1) is 24.7 Å². The quantitative estimate of drug-likeness (QED) is 0.839. The molecule has 6 nitrogen and oxygen atoms in total. The molecular formula is C19H22BN3O3. The van der Waals surface area contributed by atoms with Crippen LogP contribution in [0.25, 0.3) is 0 Å². The molecule has 0 unspecified atom stereocenters. The van der Waals surface area contributed by atoms with Crippen LogP contribution in [0.5, 0.6) is 17.5 Å².